The maximum atomic E-state index is 12.0. The number of aromatic amines is 1. The van der Waals surface area contributed by atoms with Gasteiger partial charge in [-0.15, -0.1) is 11.3 Å². The molecule has 0 radical (unpaired) electrons. The minimum Gasteiger partial charge on any atom is -0.332 e. The molecule has 0 aliphatic rings. The van der Waals surface area contributed by atoms with Gasteiger partial charge >= 0.3 is 0 Å². The molecule has 0 aromatic carbocycles. The van der Waals surface area contributed by atoms with Crippen LogP contribution >= 0.6 is 11.3 Å². The van der Waals surface area contributed by atoms with Crippen molar-refractivity contribution in [1.82, 2.24) is 14.7 Å². The second kappa shape index (κ2) is 5.21. The summed E-state index contributed by atoms with van der Waals surface area (Å²) >= 11 is 1.54. The summed E-state index contributed by atoms with van der Waals surface area (Å²) in [6, 6.07) is 1.97. The molecule has 2 heterocycles. The molecule has 7 heteroatoms. The number of H-pyrrole nitrogens is 1. The molecule has 0 saturated heterocycles. The number of nitrogens with zero attached hydrogens (tertiary/aromatic N) is 1. The molecule has 0 amide bonds. The predicted molar refractivity (Wildman–Crippen MR) is 71.0 cm³/mol. The zero-order valence-electron chi connectivity index (χ0n) is 10.2. The molecule has 0 unspecified atom stereocenters. The van der Waals surface area contributed by atoms with Gasteiger partial charge in [0.25, 0.3) is 10.0 Å². The molecule has 2 aromatic rings. The normalized spacial score (nSPS) is 11.9. The van der Waals surface area contributed by atoms with Gasteiger partial charge in [-0.1, -0.05) is 6.92 Å². The van der Waals surface area contributed by atoms with E-state index in [9.17, 15) is 8.42 Å². The molecular formula is C11H15N3O2S2. The van der Waals surface area contributed by atoms with Crippen LogP contribution in [0.15, 0.2) is 22.7 Å². The fraction of sp³-hybridized carbons (Fsp3) is 0.364. The molecule has 18 heavy (non-hydrogen) atoms. The van der Waals surface area contributed by atoms with Gasteiger partial charge in [-0.05, 0) is 23.9 Å². The van der Waals surface area contributed by atoms with Crippen molar-refractivity contribution in [2.45, 2.75) is 31.8 Å². The van der Waals surface area contributed by atoms with Crippen molar-refractivity contribution >= 4 is 21.4 Å². The van der Waals surface area contributed by atoms with Crippen LogP contribution in [0, 0.1) is 6.92 Å². The highest BCUT2D eigenvalue weighted by molar-refractivity contribution is 7.89. The maximum absolute atomic E-state index is 12.0. The van der Waals surface area contributed by atoms with Crippen LogP contribution in [0.3, 0.4) is 0 Å². The fourth-order valence-electron chi connectivity index (χ4n) is 1.48. The lowest BCUT2D eigenvalue weighted by molar-refractivity contribution is 0.578. The van der Waals surface area contributed by atoms with Crippen molar-refractivity contribution in [2.24, 2.45) is 0 Å². The number of aryl methyl sites for hydroxylation is 2. The Morgan fingerprint density at radius 1 is 1.50 bits per heavy atom. The van der Waals surface area contributed by atoms with Crippen molar-refractivity contribution in [1.29, 1.82) is 0 Å². The monoisotopic (exact) mass is 285 g/mol. The number of thiophene rings is 1. The third kappa shape index (κ3) is 2.80. The summed E-state index contributed by atoms with van der Waals surface area (Å²) in [4.78, 5) is 7.80. The number of aromatic nitrogens is 2. The SMILES string of the molecule is CCc1ncc(S(=O)(=O)NCc2sccc2C)[nH]1. The first-order chi connectivity index (χ1) is 8.53. The number of hydrogen-bond acceptors (Lipinski definition) is 4. The van der Waals surface area contributed by atoms with Gasteiger partial charge in [0.05, 0.1) is 6.20 Å². The van der Waals surface area contributed by atoms with Crippen LogP contribution in [0.5, 0.6) is 0 Å². The van der Waals surface area contributed by atoms with Crippen LogP contribution in [0.4, 0.5) is 0 Å². The van der Waals surface area contributed by atoms with E-state index >= 15 is 0 Å². The van der Waals surface area contributed by atoms with Gasteiger partial charge < -0.3 is 4.98 Å². The van der Waals surface area contributed by atoms with E-state index in [-0.39, 0.29) is 5.03 Å². The highest BCUT2D eigenvalue weighted by Crippen LogP contribution is 2.16. The van der Waals surface area contributed by atoms with Gasteiger partial charge in [-0.2, -0.15) is 0 Å². The minimum absolute atomic E-state index is 0.119. The highest BCUT2D eigenvalue weighted by atomic mass is 32.2. The Morgan fingerprint density at radius 2 is 2.28 bits per heavy atom. The average Bonchev–Trinajstić information content (AvgIpc) is 2.95. The van der Waals surface area contributed by atoms with Crippen molar-refractivity contribution in [2.75, 3.05) is 0 Å². The average molecular weight is 285 g/mol. The first-order valence-corrected chi connectivity index (χ1v) is 7.95. The van der Waals surface area contributed by atoms with E-state index in [1.54, 1.807) is 11.3 Å². The Balaban J connectivity index is 2.10. The fourth-order valence-corrected chi connectivity index (χ4v) is 3.35. The van der Waals surface area contributed by atoms with Gasteiger partial charge in [0.15, 0.2) is 5.03 Å². The molecule has 0 aliphatic carbocycles. The molecule has 98 valence electrons. The summed E-state index contributed by atoms with van der Waals surface area (Å²) in [5.41, 5.74) is 1.10. The summed E-state index contributed by atoms with van der Waals surface area (Å²) < 4.78 is 26.5. The molecule has 0 fully saturated rings. The highest BCUT2D eigenvalue weighted by Gasteiger charge is 2.17. The summed E-state index contributed by atoms with van der Waals surface area (Å²) in [5, 5.41) is 2.07. The second-order valence-corrected chi connectivity index (χ2v) is 6.64. The number of imidazole rings is 1. The number of rotatable bonds is 5. The van der Waals surface area contributed by atoms with Crippen LogP contribution in [-0.2, 0) is 23.0 Å². The van der Waals surface area contributed by atoms with E-state index in [1.165, 1.54) is 6.20 Å². The molecular weight excluding hydrogens is 270 g/mol. The Morgan fingerprint density at radius 3 is 2.83 bits per heavy atom. The lowest BCUT2D eigenvalue weighted by atomic mass is 10.3. The first kappa shape index (κ1) is 13.3. The number of hydrogen-bond donors (Lipinski definition) is 2. The van der Waals surface area contributed by atoms with Crippen LogP contribution in [0.25, 0.3) is 0 Å². The molecule has 2 rings (SSSR count). The molecule has 0 bridgehead atoms. The first-order valence-electron chi connectivity index (χ1n) is 5.59. The Bertz CT molecular complexity index is 628. The standard InChI is InChI=1S/C11H15N3O2S2/c1-3-10-12-7-11(14-10)18(15,16)13-6-9-8(2)4-5-17-9/h4-5,7,13H,3,6H2,1-2H3,(H,12,14). The van der Waals surface area contributed by atoms with Crippen LogP contribution < -0.4 is 4.72 Å². The quantitative estimate of drug-likeness (QED) is 0.880. The molecule has 0 atom stereocenters. The topological polar surface area (TPSA) is 74.8 Å². The molecule has 0 spiro atoms. The largest absolute Gasteiger partial charge is 0.332 e. The number of sulfonamides is 1. The van der Waals surface area contributed by atoms with E-state index in [0.717, 1.165) is 10.4 Å². The molecule has 5 nitrogen and oxygen atoms in total. The maximum Gasteiger partial charge on any atom is 0.257 e. The van der Waals surface area contributed by atoms with Crippen molar-refractivity contribution in [3.05, 3.63) is 33.9 Å². The Hall–Kier alpha value is -1.18. The summed E-state index contributed by atoms with van der Waals surface area (Å²) in [6.07, 6.45) is 2.03. The predicted octanol–water partition coefficient (Wildman–Crippen LogP) is 1.82. The smallest absolute Gasteiger partial charge is 0.257 e. The van der Waals surface area contributed by atoms with Crippen molar-refractivity contribution in [3.63, 3.8) is 0 Å². The van der Waals surface area contributed by atoms with E-state index in [1.807, 2.05) is 25.3 Å². The minimum atomic E-state index is -3.50. The Kier molecular flexibility index (Phi) is 3.84. The van der Waals surface area contributed by atoms with Gasteiger partial charge in [0, 0.05) is 17.8 Å². The van der Waals surface area contributed by atoms with E-state index < -0.39 is 10.0 Å². The van der Waals surface area contributed by atoms with E-state index in [4.69, 9.17) is 0 Å². The zero-order valence-corrected chi connectivity index (χ0v) is 11.9. The van der Waals surface area contributed by atoms with Gasteiger partial charge in [0.2, 0.25) is 0 Å². The van der Waals surface area contributed by atoms with Gasteiger partial charge in [0.1, 0.15) is 5.82 Å². The van der Waals surface area contributed by atoms with Gasteiger partial charge in [-0.3, -0.25) is 0 Å². The van der Waals surface area contributed by atoms with Crippen LogP contribution in [-0.4, -0.2) is 18.4 Å². The van der Waals surface area contributed by atoms with Crippen LogP contribution in [0.2, 0.25) is 0 Å². The third-order valence-electron chi connectivity index (χ3n) is 2.62. The molecule has 0 aliphatic heterocycles. The van der Waals surface area contributed by atoms with Crippen molar-refractivity contribution in [3.8, 4) is 0 Å². The second-order valence-electron chi connectivity index (χ2n) is 3.90. The Labute approximate surface area is 110 Å². The summed E-state index contributed by atoms with van der Waals surface area (Å²) in [7, 11) is -3.50. The summed E-state index contributed by atoms with van der Waals surface area (Å²) in [6.45, 7) is 4.19. The molecule has 0 saturated carbocycles. The summed E-state index contributed by atoms with van der Waals surface area (Å²) in [5.74, 6) is 0.669. The lowest BCUT2D eigenvalue weighted by Gasteiger charge is -2.03. The van der Waals surface area contributed by atoms with E-state index in [2.05, 4.69) is 14.7 Å². The van der Waals surface area contributed by atoms with Crippen LogP contribution in [0.1, 0.15) is 23.2 Å². The van der Waals surface area contributed by atoms with E-state index in [0.29, 0.717) is 18.8 Å². The molecule has 2 aromatic heterocycles. The zero-order chi connectivity index (χ0) is 13.2. The van der Waals surface area contributed by atoms with Crippen molar-refractivity contribution < 1.29 is 8.42 Å². The lowest BCUT2D eigenvalue weighted by Crippen LogP contribution is -2.23. The number of nitrogens with one attached hydrogen (secondary N) is 2. The molecule has 2 N–H and O–H groups in total. The third-order valence-corrected chi connectivity index (χ3v) is 4.95. The van der Waals surface area contributed by atoms with Gasteiger partial charge in [-0.25, -0.2) is 18.1 Å².